The van der Waals surface area contributed by atoms with E-state index in [1.807, 2.05) is 0 Å². The van der Waals surface area contributed by atoms with Gasteiger partial charge in [0.05, 0.1) is 0 Å². The van der Waals surface area contributed by atoms with Gasteiger partial charge in [0.2, 0.25) is 0 Å². The van der Waals surface area contributed by atoms with Gasteiger partial charge in [-0.1, -0.05) is 59.2 Å². The first kappa shape index (κ1) is 15.8. The SMILES string of the molecule is CCC(C)C1=CC(C(C)CC)C([SiH3])=C1C(C)CC. The molecule has 0 aromatic rings. The van der Waals surface area contributed by atoms with Crippen LogP contribution in [0.25, 0.3) is 0 Å². The van der Waals surface area contributed by atoms with Crippen LogP contribution >= 0.6 is 0 Å². The number of hydrogen-bond donors (Lipinski definition) is 0. The summed E-state index contributed by atoms with van der Waals surface area (Å²) in [5.41, 5.74) is 3.45. The van der Waals surface area contributed by atoms with E-state index in [9.17, 15) is 0 Å². The Balaban J connectivity index is 3.14. The first-order valence-electron chi connectivity index (χ1n) is 7.90. The topological polar surface area (TPSA) is 0 Å². The Morgan fingerprint density at radius 2 is 1.56 bits per heavy atom. The van der Waals surface area contributed by atoms with E-state index in [-0.39, 0.29) is 0 Å². The summed E-state index contributed by atoms with van der Waals surface area (Å²) in [6.45, 7) is 14.2. The van der Waals surface area contributed by atoms with Gasteiger partial charge in [0, 0.05) is 10.2 Å². The molecule has 1 heteroatoms. The fourth-order valence-corrected chi connectivity index (χ4v) is 4.70. The van der Waals surface area contributed by atoms with Crippen LogP contribution in [-0.2, 0) is 0 Å². The molecule has 0 bridgehead atoms. The Labute approximate surface area is 117 Å². The lowest BCUT2D eigenvalue weighted by Gasteiger charge is -2.22. The van der Waals surface area contributed by atoms with Gasteiger partial charge in [-0.2, -0.15) is 0 Å². The molecule has 4 unspecified atom stereocenters. The van der Waals surface area contributed by atoms with Crippen molar-refractivity contribution in [2.24, 2.45) is 23.7 Å². The molecule has 4 atom stereocenters. The average Bonchev–Trinajstić information content (AvgIpc) is 2.73. The van der Waals surface area contributed by atoms with Gasteiger partial charge in [-0.3, -0.25) is 0 Å². The summed E-state index contributed by atoms with van der Waals surface area (Å²) in [4.78, 5) is 0. The maximum atomic E-state index is 2.63. The molecule has 0 aromatic heterocycles. The van der Waals surface area contributed by atoms with E-state index >= 15 is 0 Å². The summed E-state index contributed by atoms with van der Waals surface area (Å²) >= 11 is 0. The minimum Gasteiger partial charge on any atom is -0.0811 e. The van der Waals surface area contributed by atoms with Crippen LogP contribution < -0.4 is 0 Å². The molecule has 1 rings (SSSR count). The standard InChI is InChI=1S/C17H32Si/c1-7-11(4)14-10-15(12(5)8-2)17(18)16(14)13(6)9-3/h10-13,15H,7-9H2,1-6,18H3. The maximum absolute atomic E-state index is 2.63. The Bertz CT molecular complexity index is 338. The van der Waals surface area contributed by atoms with E-state index in [0.29, 0.717) is 0 Å². The maximum Gasteiger partial charge on any atom is 0.0344 e. The third-order valence-electron chi connectivity index (χ3n) is 5.10. The molecule has 0 radical (unpaired) electrons. The molecule has 0 aromatic carbocycles. The molecule has 0 N–H and O–H groups in total. The predicted octanol–water partition coefficient (Wildman–Crippen LogP) is 4.30. The van der Waals surface area contributed by atoms with Crippen LogP contribution in [0.1, 0.15) is 60.8 Å². The molecule has 0 saturated heterocycles. The Hall–Kier alpha value is -0.303. The van der Waals surface area contributed by atoms with Crippen LogP contribution in [0.5, 0.6) is 0 Å². The second-order valence-electron chi connectivity index (χ2n) is 6.25. The number of rotatable bonds is 6. The van der Waals surface area contributed by atoms with Crippen LogP contribution in [0.3, 0.4) is 0 Å². The van der Waals surface area contributed by atoms with Crippen molar-refractivity contribution in [3.8, 4) is 0 Å². The van der Waals surface area contributed by atoms with Crippen molar-refractivity contribution in [3.05, 3.63) is 22.4 Å². The highest BCUT2D eigenvalue weighted by Crippen LogP contribution is 2.42. The van der Waals surface area contributed by atoms with Crippen LogP contribution in [0, 0.1) is 23.7 Å². The van der Waals surface area contributed by atoms with Crippen LogP contribution in [0.15, 0.2) is 22.4 Å². The highest BCUT2D eigenvalue weighted by molar-refractivity contribution is 6.23. The van der Waals surface area contributed by atoms with E-state index in [1.165, 1.54) is 29.5 Å². The molecule has 104 valence electrons. The summed E-state index contributed by atoms with van der Waals surface area (Å²) in [5.74, 6) is 3.08. The second-order valence-corrected chi connectivity index (χ2v) is 7.33. The van der Waals surface area contributed by atoms with Gasteiger partial charge in [-0.15, -0.1) is 0 Å². The zero-order valence-corrected chi connectivity index (χ0v) is 15.5. The largest absolute Gasteiger partial charge is 0.0811 e. The van der Waals surface area contributed by atoms with E-state index in [2.05, 4.69) is 47.6 Å². The molecule has 0 nitrogen and oxygen atoms in total. The quantitative estimate of drug-likeness (QED) is 0.628. The van der Waals surface area contributed by atoms with Crippen LogP contribution in [-0.4, -0.2) is 10.2 Å². The minimum atomic E-state index is 0.743. The van der Waals surface area contributed by atoms with E-state index < -0.39 is 0 Å². The fourth-order valence-electron chi connectivity index (χ4n) is 3.19. The fraction of sp³-hybridized carbons (Fsp3) is 0.765. The van der Waals surface area contributed by atoms with Gasteiger partial charge >= 0.3 is 0 Å². The molecule has 0 spiro atoms. The average molecular weight is 265 g/mol. The third kappa shape index (κ3) is 2.99. The first-order chi connectivity index (χ1) is 8.47. The van der Waals surface area contributed by atoms with Gasteiger partial charge in [0.1, 0.15) is 0 Å². The molecule has 0 heterocycles. The molecule has 0 fully saturated rings. The van der Waals surface area contributed by atoms with E-state index in [4.69, 9.17) is 0 Å². The van der Waals surface area contributed by atoms with Gasteiger partial charge in [0.25, 0.3) is 0 Å². The number of allylic oxidation sites excluding steroid dienone is 4. The van der Waals surface area contributed by atoms with Crippen molar-refractivity contribution in [3.63, 3.8) is 0 Å². The predicted molar refractivity (Wildman–Crippen MR) is 86.9 cm³/mol. The Kier molecular flexibility index (Phi) is 5.90. The lowest BCUT2D eigenvalue weighted by molar-refractivity contribution is 0.477. The highest BCUT2D eigenvalue weighted by atomic mass is 28.1. The highest BCUT2D eigenvalue weighted by Gasteiger charge is 2.30. The van der Waals surface area contributed by atoms with E-state index in [0.717, 1.165) is 23.7 Å². The smallest absolute Gasteiger partial charge is 0.0344 e. The summed E-state index contributed by atoms with van der Waals surface area (Å²) in [5, 5.41) is 1.80. The Morgan fingerprint density at radius 3 is 2.00 bits per heavy atom. The third-order valence-corrected chi connectivity index (χ3v) is 6.31. The van der Waals surface area contributed by atoms with E-state index in [1.54, 1.807) is 16.3 Å². The van der Waals surface area contributed by atoms with Crippen molar-refractivity contribution in [1.82, 2.24) is 0 Å². The zero-order valence-electron chi connectivity index (χ0n) is 13.5. The molecule has 18 heavy (non-hydrogen) atoms. The van der Waals surface area contributed by atoms with Gasteiger partial charge in [-0.25, -0.2) is 0 Å². The molecule has 1 aliphatic rings. The van der Waals surface area contributed by atoms with Crippen molar-refractivity contribution in [2.75, 3.05) is 0 Å². The molecular weight excluding hydrogens is 232 g/mol. The van der Waals surface area contributed by atoms with Crippen molar-refractivity contribution >= 4 is 10.2 Å². The molecule has 0 aliphatic heterocycles. The van der Waals surface area contributed by atoms with Crippen LogP contribution in [0.4, 0.5) is 0 Å². The van der Waals surface area contributed by atoms with Gasteiger partial charge in [-0.05, 0) is 47.7 Å². The Morgan fingerprint density at radius 1 is 1.00 bits per heavy atom. The van der Waals surface area contributed by atoms with Gasteiger partial charge in [0.15, 0.2) is 0 Å². The molecule has 1 aliphatic carbocycles. The van der Waals surface area contributed by atoms with Crippen molar-refractivity contribution < 1.29 is 0 Å². The van der Waals surface area contributed by atoms with Crippen molar-refractivity contribution in [1.29, 1.82) is 0 Å². The second kappa shape index (κ2) is 6.74. The summed E-state index contributed by atoms with van der Waals surface area (Å²) in [7, 11) is 1.24. The summed E-state index contributed by atoms with van der Waals surface area (Å²) < 4.78 is 0. The first-order valence-corrected chi connectivity index (χ1v) is 8.90. The van der Waals surface area contributed by atoms with Gasteiger partial charge < -0.3 is 0 Å². The summed E-state index contributed by atoms with van der Waals surface area (Å²) in [6, 6.07) is 0. The minimum absolute atomic E-state index is 0.743. The van der Waals surface area contributed by atoms with Crippen molar-refractivity contribution in [2.45, 2.75) is 60.8 Å². The summed E-state index contributed by atoms with van der Waals surface area (Å²) in [6.07, 6.45) is 6.48. The lowest BCUT2D eigenvalue weighted by Crippen LogP contribution is -2.11. The molecule has 0 amide bonds. The zero-order chi connectivity index (χ0) is 13.9. The lowest BCUT2D eigenvalue weighted by atomic mass is 9.86. The number of hydrogen-bond acceptors (Lipinski definition) is 0. The molecular formula is C17H32Si. The molecule has 0 saturated carbocycles. The van der Waals surface area contributed by atoms with Crippen LogP contribution in [0.2, 0.25) is 0 Å². The normalized spacial score (nSPS) is 25.2. The monoisotopic (exact) mass is 264 g/mol.